The highest BCUT2D eigenvalue weighted by molar-refractivity contribution is 6.31. The molecule has 0 saturated heterocycles. The second kappa shape index (κ2) is 6.67. The van der Waals surface area contributed by atoms with Crippen molar-refractivity contribution in [2.45, 2.75) is 26.9 Å². The molecule has 0 aliphatic carbocycles. The Balaban J connectivity index is 1.86. The van der Waals surface area contributed by atoms with Gasteiger partial charge in [0.1, 0.15) is 11.9 Å². The van der Waals surface area contributed by atoms with Gasteiger partial charge in [0.05, 0.1) is 6.54 Å². The van der Waals surface area contributed by atoms with Crippen molar-refractivity contribution in [2.75, 3.05) is 11.9 Å². The van der Waals surface area contributed by atoms with Crippen molar-refractivity contribution in [3.8, 4) is 5.75 Å². The highest BCUT2D eigenvalue weighted by Crippen LogP contribution is 2.20. The van der Waals surface area contributed by atoms with Crippen molar-refractivity contribution in [1.82, 2.24) is 0 Å². The average Bonchev–Trinajstić information content (AvgIpc) is 2.43. The number of ether oxygens (including phenoxy) is 1. The lowest BCUT2D eigenvalue weighted by molar-refractivity contribution is 0.234. The summed E-state index contributed by atoms with van der Waals surface area (Å²) in [5.41, 5.74) is 3.33. The highest BCUT2D eigenvalue weighted by atomic mass is 35.5. The van der Waals surface area contributed by atoms with Crippen molar-refractivity contribution in [3.05, 3.63) is 58.6 Å². The SMILES string of the molecule is Cc1ccc(OC(C)CNc2ccc(C)c(Cl)c2)cc1. The Morgan fingerprint density at radius 2 is 1.80 bits per heavy atom. The molecule has 2 rings (SSSR count). The molecule has 0 aliphatic heterocycles. The van der Waals surface area contributed by atoms with Gasteiger partial charge in [-0.2, -0.15) is 0 Å². The fourth-order valence-electron chi connectivity index (χ4n) is 1.86. The van der Waals surface area contributed by atoms with Crippen molar-refractivity contribution in [3.63, 3.8) is 0 Å². The molecule has 1 atom stereocenters. The minimum absolute atomic E-state index is 0.0813. The van der Waals surface area contributed by atoms with E-state index in [2.05, 4.69) is 24.4 Å². The second-order valence-electron chi connectivity index (χ2n) is 5.09. The monoisotopic (exact) mass is 289 g/mol. The standard InChI is InChI=1S/C17H20ClNO/c1-12-4-8-16(9-5-12)20-14(3)11-19-15-7-6-13(2)17(18)10-15/h4-10,14,19H,11H2,1-3H3. The molecule has 0 fully saturated rings. The van der Waals surface area contributed by atoms with Gasteiger partial charge in [-0.1, -0.05) is 35.4 Å². The first-order valence-corrected chi connectivity index (χ1v) is 7.16. The number of rotatable bonds is 5. The normalized spacial score (nSPS) is 12.0. The van der Waals surface area contributed by atoms with E-state index in [9.17, 15) is 0 Å². The third-order valence-corrected chi connectivity index (χ3v) is 3.53. The van der Waals surface area contributed by atoms with Crippen LogP contribution < -0.4 is 10.1 Å². The molecule has 0 saturated carbocycles. The van der Waals surface area contributed by atoms with E-state index in [4.69, 9.17) is 16.3 Å². The van der Waals surface area contributed by atoms with Crippen LogP contribution in [0.1, 0.15) is 18.1 Å². The second-order valence-corrected chi connectivity index (χ2v) is 5.49. The molecule has 0 aliphatic rings. The Morgan fingerprint density at radius 1 is 1.10 bits per heavy atom. The summed E-state index contributed by atoms with van der Waals surface area (Å²) in [6.45, 7) is 6.83. The Morgan fingerprint density at radius 3 is 2.45 bits per heavy atom. The Hall–Kier alpha value is -1.67. The van der Waals surface area contributed by atoms with Gasteiger partial charge in [-0.25, -0.2) is 0 Å². The van der Waals surface area contributed by atoms with Gasteiger partial charge in [0, 0.05) is 10.7 Å². The molecule has 1 N–H and O–H groups in total. The molecule has 0 aromatic heterocycles. The fraction of sp³-hybridized carbons (Fsp3) is 0.294. The maximum atomic E-state index is 6.10. The first kappa shape index (κ1) is 14.7. The highest BCUT2D eigenvalue weighted by Gasteiger charge is 2.04. The van der Waals surface area contributed by atoms with Crippen LogP contribution in [0.3, 0.4) is 0 Å². The van der Waals surface area contributed by atoms with Gasteiger partial charge in [-0.15, -0.1) is 0 Å². The molecule has 0 spiro atoms. The molecule has 0 amide bonds. The summed E-state index contributed by atoms with van der Waals surface area (Å²) in [6, 6.07) is 14.1. The quantitative estimate of drug-likeness (QED) is 0.851. The van der Waals surface area contributed by atoms with Gasteiger partial charge in [0.15, 0.2) is 0 Å². The minimum atomic E-state index is 0.0813. The van der Waals surface area contributed by atoms with Gasteiger partial charge >= 0.3 is 0 Å². The van der Waals surface area contributed by atoms with Crippen LogP contribution in [-0.2, 0) is 0 Å². The van der Waals surface area contributed by atoms with Gasteiger partial charge in [-0.05, 0) is 50.6 Å². The number of hydrogen-bond acceptors (Lipinski definition) is 2. The number of aryl methyl sites for hydroxylation is 2. The molecule has 0 bridgehead atoms. The van der Waals surface area contributed by atoms with Crippen molar-refractivity contribution >= 4 is 17.3 Å². The first-order valence-electron chi connectivity index (χ1n) is 6.78. The van der Waals surface area contributed by atoms with E-state index in [-0.39, 0.29) is 6.10 Å². The van der Waals surface area contributed by atoms with E-state index >= 15 is 0 Å². The molecule has 2 aromatic carbocycles. The number of hydrogen-bond donors (Lipinski definition) is 1. The van der Waals surface area contributed by atoms with Crippen LogP contribution in [0.5, 0.6) is 5.75 Å². The lowest BCUT2D eigenvalue weighted by Crippen LogP contribution is -2.22. The summed E-state index contributed by atoms with van der Waals surface area (Å²) in [4.78, 5) is 0. The number of benzene rings is 2. The van der Waals surface area contributed by atoms with E-state index in [1.54, 1.807) is 0 Å². The van der Waals surface area contributed by atoms with Gasteiger partial charge in [0.2, 0.25) is 0 Å². The summed E-state index contributed by atoms with van der Waals surface area (Å²) in [6.07, 6.45) is 0.0813. The molecule has 0 heterocycles. The third kappa shape index (κ3) is 4.17. The maximum absolute atomic E-state index is 6.10. The van der Waals surface area contributed by atoms with Crippen molar-refractivity contribution in [2.24, 2.45) is 0 Å². The zero-order valence-electron chi connectivity index (χ0n) is 12.1. The predicted molar refractivity (Wildman–Crippen MR) is 85.9 cm³/mol. The van der Waals surface area contributed by atoms with Crippen molar-refractivity contribution < 1.29 is 4.74 Å². The molecule has 2 aromatic rings. The van der Waals surface area contributed by atoms with Crippen molar-refractivity contribution in [1.29, 1.82) is 0 Å². The number of anilines is 1. The Kier molecular flexibility index (Phi) is 4.91. The van der Waals surface area contributed by atoms with E-state index in [0.29, 0.717) is 0 Å². The van der Waals surface area contributed by atoms with E-state index in [0.717, 1.165) is 28.6 Å². The van der Waals surface area contributed by atoms with Crippen LogP contribution in [0.15, 0.2) is 42.5 Å². The van der Waals surface area contributed by atoms with Crippen LogP contribution >= 0.6 is 11.6 Å². The number of nitrogens with one attached hydrogen (secondary N) is 1. The summed E-state index contributed by atoms with van der Waals surface area (Å²) in [5, 5.41) is 4.11. The van der Waals surface area contributed by atoms with Crippen LogP contribution in [0.25, 0.3) is 0 Å². The van der Waals surface area contributed by atoms with Gasteiger partial charge in [-0.3, -0.25) is 0 Å². The minimum Gasteiger partial charge on any atom is -0.489 e. The van der Waals surface area contributed by atoms with Crippen LogP contribution in [0.4, 0.5) is 5.69 Å². The lowest BCUT2D eigenvalue weighted by atomic mass is 10.2. The first-order chi connectivity index (χ1) is 9.54. The zero-order chi connectivity index (χ0) is 14.5. The van der Waals surface area contributed by atoms with Crippen LogP contribution in [0.2, 0.25) is 5.02 Å². The third-order valence-electron chi connectivity index (χ3n) is 3.12. The largest absolute Gasteiger partial charge is 0.489 e. The molecule has 0 radical (unpaired) electrons. The Bertz CT molecular complexity index is 566. The molecular formula is C17H20ClNO. The van der Waals surface area contributed by atoms with Crippen LogP contribution in [0, 0.1) is 13.8 Å². The van der Waals surface area contributed by atoms with Gasteiger partial charge < -0.3 is 10.1 Å². The molecule has 20 heavy (non-hydrogen) atoms. The molecule has 106 valence electrons. The van der Waals surface area contributed by atoms with Gasteiger partial charge in [0.25, 0.3) is 0 Å². The zero-order valence-corrected chi connectivity index (χ0v) is 12.9. The smallest absolute Gasteiger partial charge is 0.119 e. The molecule has 2 nitrogen and oxygen atoms in total. The summed E-state index contributed by atoms with van der Waals surface area (Å²) < 4.78 is 5.85. The fourth-order valence-corrected chi connectivity index (χ4v) is 2.04. The number of halogens is 1. The maximum Gasteiger partial charge on any atom is 0.119 e. The summed E-state index contributed by atoms with van der Waals surface area (Å²) in [7, 11) is 0. The summed E-state index contributed by atoms with van der Waals surface area (Å²) >= 11 is 6.10. The van der Waals surface area contributed by atoms with E-state index < -0.39 is 0 Å². The lowest BCUT2D eigenvalue weighted by Gasteiger charge is -2.16. The van der Waals surface area contributed by atoms with E-state index in [1.807, 2.05) is 44.2 Å². The molecule has 1 unspecified atom stereocenters. The summed E-state index contributed by atoms with van der Waals surface area (Å²) in [5.74, 6) is 0.895. The topological polar surface area (TPSA) is 21.3 Å². The molecule has 3 heteroatoms. The van der Waals surface area contributed by atoms with E-state index in [1.165, 1.54) is 5.56 Å². The Labute approximate surface area is 125 Å². The molecular weight excluding hydrogens is 270 g/mol. The average molecular weight is 290 g/mol. The predicted octanol–water partition coefficient (Wildman–Crippen LogP) is 4.84. The van der Waals surface area contributed by atoms with Crippen LogP contribution in [-0.4, -0.2) is 12.6 Å².